The minimum absolute atomic E-state index is 0. The summed E-state index contributed by atoms with van der Waals surface area (Å²) >= 11 is 0. The number of carbonyl (C=O) groups is 1. The predicted octanol–water partition coefficient (Wildman–Crippen LogP) is 2.78. The number of hydrogen-bond donors (Lipinski definition) is 3. The highest BCUT2D eigenvalue weighted by Crippen LogP contribution is 2.06. The first-order chi connectivity index (χ1) is 12.1. The van der Waals surface area contributed by atoms with Crippen LogP contribution >= 0.6 is 24.0 Å². The van der Waals surface area contributed by atoms with E-state index in [0.29, 0.717) is 31.2 Å². The third kappa shape index (κ3) is 10.6. The molecule has 0 atom stereocenters. The Morgan fingerprint density at radius 2 is 2.00 bits per heavy atom. The van der Waals surface area contributed by atoms with Gasteiger partial charge in [0.1, 0.15) is 0 Å². The fraction of sp³-hybridized carbons (Fsp3) is 0.579. The summed E-state index contributed by atoms with van der Waals surface area (Å²) in [5.74, 6) is 1.33. The molecule has 0 heterocycles. The van der Waals surface area contributed by atoms with Gasteiger partial charge in [0.05, 0.1) is 13.2 Å². The molecular formula is C19H33IN4O2. The van der Waals surface area contributed by atoms with E-state index in [1.807, 2.05) is 25.1 Å². The molecule has 0 fully saturated rings. The lowest BCUT2D eigenvalue weighted by Crippen LogP contribution is -2.39. The number of guanidine groups is 1. The molecule has 1 aromatic carbocycles. The van der Waals surface area contributed by atoms with Crippen molar-refractivity contribution in [3.63, 3.8) is 0 Å². The summed E-state index contributed by atoms with van der Waals surface area (Å²) in [6.07, 6.45) is 1.08. The molecule has 0 aliphatic heterocycles. The van der Waals surface area contributed by atoms with Gasteiger partial charge < -0.3 is 20.7 Å². The summed E-state index contributed by atoms with van der Waals surface area (Å²) in [5, 5.41) is 9.11. The minimum atomic E-state index is -0.0885. The molecule has 0 aromatic heterocycles. The zero-order valence-corrected chi connectivity index (χ0v) is 18.6. The number of carbonyl (C=O) groups excluding carboxylic acids is 1. The summed E-state index contributed by atoms with van der Waals surface area (Å²) in [5.41, 5.74) is 1.64. The molecule has 1 amide bonds. The van der Waals surface area contributed by atoms with Crippen molar-refractivity contribution in [2.75, 3.05) is 33.4 Å². The zero-order valence-electron chi connectivity index (χ0n) is 16.3. The number of aliphatic imine (C=N–C) groups is 1. The van der Waals surface area contributed by atoms with Crippen molar-refractivity contribution in [2.45, 2.75) is 33.7 Å². The van der Waals surface area contributed by atoms with Crippen molar-refractivity contribution in [2.24, 2.45) is 10.9 Å². The van der Waals surface area contributed by atoms with Crippen molar-refractivity contribution >= 4 is 35.8 Å². The lowest BCUT2D eigenvalue weighted by atomic mass is 10.1. The van der Waals surface area contributed by atoms with Crippen molar-refractivity contribution in [3.05, 3.63) is 35.4 Å². The molecule has 0 spiro atoms. The van der Waals surface area contributed by atoms with Gasteiger partial charge in [-0.1, -0.05) is 26.0 Å². The van der Waals surface area contributed by atoms with Gasteiger partial charge in [-0.05, 0) is 37.0 Å². The molecule has 6 nitrogen and oxygen atoms in total. The van der Waals surface area contributed by atoms with Crippen LogP contribution in [0.25, 0.3) is 0 Å². The first-order valence-corrected chi connectivity index (χ1v) is 8.97. The SMILES string of the molecule is CCNC(=NCc1cccc(C(=O)NC)c1)NCCOCCC(C)C.I. The summed E-state index contributed by atoms with van der Waals surface area (Å²) in [6.45, 7) is 9.87. The van der Waals surface area contributed by atoms with E-state index in [4.69, 9.17) is 4.74 Å². The van der Waals surface area contributed by atoms with Gasteiger partial charge in [-0.15, -0.1) is 24.0 Å². The Kier molecular flexibility index (Phi) is 14.0. The topological polar surface area (TPSA) is 74.8 Å². The number of nitrogens with one attached hydrogen (secondary N) is 3. The third-order valence-corrected chi connectivity index (χ3v) is 3.56. The van der Waals surface area contributed by atoms with Crippen molar-refractivity contribution < 1.29 is 9.53 Å². The first-order valence-electron chi connectivity index (χ1n) is 8.97. The lowest BCUT2D eigenvalue weighted by molar-refractivity contribution is 0.0963. The number of hydrogen-bond acceptors (Lipinski definition) is 3. The average molecular weight is 476 g/mol. The van der Waals surface area contributed by atoms with Gasteiger partial charge in [0.25, 0.3) is 5.91 Å². The van der Waals surface area contributed by atoms with Crippen LogP contribution in [-0.2, 0) is 11.3 Å². The predicted molar refractivity (Wildman–Crippen MR) is 118 cm³/mol. The van der Waals surface area contributed by atoms with E-state index in [2.05, 4.69) is 34.8 Å². The quantitative estimate of drug-likeness (QED) is 0.210. The van der Waals surface area contributed by atoms with E-state index in [1.54, 1.807) is 13.1 Å². The Labute approximate surface area is 174 Å². The summed E-state index contributed by atoms with van der Waals surface area (Å²) < 4.78 is 5.60. The molecule has 26 heavy (non-hydrogen) atoms. The van der Waals surface area contributed by atoms with Gasteiger partial charge in [-0.2, -0.15) is 0 Å². The van der Waals surface area contributed by atoms with E-state index in [1.165, 1.54) is 0 Å². The maximum Gasteiger partial charge on any atom is 0.251 e. The van der Waals surface area contributed by atoms with Crippen molar-refractivity contribution in [3.8, 4) is 0 Å². The van der Waals surface area contributed by atoms with Gasteiger partial charge in [0.2, 0.25) is 0 Å². The van der Waals surface area contributed by atoms with Crippen LogP contribution < -0.4 is 16.0 Å². The van der Waals surface area contributed by atoms with Crippen molar-refractivity contribution in [1.29, 1.82) is 0 Å². The highest BCUT2D eigenvalue weighted by molar-refractivity contribution is 14.0. The fourth-order valence-corrected chi connectivity index (χ4v) is 2.13. The van der Waals surface area contributed by atoms with E-state index in [-0.39, 0.29) is 29.9 Å². The van der Waals surface area contributed by atoms with Crippen LogP contribution in [0.5, 0.6) is 0 Å². The Hall–Kier alpha value is -1.35. The van der Waals surface area contributed by atoms with Crippen molar-refractivity contribution in [1.82, 2.24) is 16.0 Å². The summed E-state index contributed by atoms with van der Waals surface area (Å²) in [7, 11) is 1.63. The number of rotatable bonds is 10. The van der Waals surface area contributed by atoms with Crippen LogP contribution in [0, 0.1) is 5.92 Å². The number of benzene rings is 1. The fourth-order valence-electron chi connectivity index (χ4n) is 2.13. The van der Waals surface area contributed by atoms with Crippen LogP contribution in [0.3, 0.4) is 0 Å². The highest BCUT2D eigenvalue weighted by atomic mass is 127. The number of halogens is 1. The monoisotopic (exact) mass is 476 g/mol. The molecule has 1 aromatic rings. The molecule has 0 saturated heterocycles. The molecule has 3 N–H and O–H groups in total. The second-order valence-electron chi connectivity index (χ2n) is 6.20. The Balaban J connectivity index is 0.00000625. The maximum atomic E-state index is 11.7. The zero-order chi connectivity index (χ0) is 18.5. The minimum Gasteiger partial charge on any atom is -0.380 e. The summed E-state index contributed by atoms with van der Waals surface area (Å²) in [6, 6.07) is 7.50. The average Bonchev–Trinajstić information content (AvgIpc) is 2.61. The second-order valence-corrected chi connectivity index (χ2v) is 6.20. The largest absolute Gasteiger partial charge is 0.380 e. The molecule has 0 unspecified atom stereocenters. The number of amides is 1. The van der Waals surface area contributed by atoms with Gasteiger partial charge in [-0.3, -0.25) is 4.79 Å². The molecular weight excluding hydrogens is 443 g/mol. The van der Waals surface area contributed by atoms with E-state index >= 15 is 0 Å². The number of ether oxygens (including phenoxy) is 1. The van der Waals surface area contributed by atoms with Gasteiger partial charge in [0, 0.05) is 32.3 Å². The van der Waals surface area contributed by atoms with Gasteiger partial charge in [-0.25, -0.2) is 4.99 Å². The normalized spacial score (nSPS) is 11.0. The standard InChI is InChI=1S/C19H32N4O2.HI/c1-5-21-19(22-10-12-25-11-9-15(2)3)23-14-16-7-6-8-17(13-16)18(24)20-4;/h6-8,13,15H,5,9-12,14H2,1-4H3,(H,20,24)(H2,21,22,23);1H. The molecule has 0 saturated carbocycles. The van der Waals surface area contributed by atoms with E-state index in [9.17, 15) is 4.79 Å². The maximum absolute atomic E-state index is 11.7. The Morgan fingerprint density at radius 1 is 1.23 bits per heavy atom. The molecule has 0 aliphatic carbocycles. The third-order valence-electron chi connectivity index (χ3n) is 3.56. The van der Waals surface area contributed by atoms with Crippen LogP contribution in [0.2, 0.25) is 0 Å². The van der Waals surface area contributed by atoms with Crippen LogP contribution in [-0.4, -0.2) is 45.2 Å². The van der Waals surface area contributed by atoms with Crippen LogP contribution in [0.4, 0.5) is 0 Å². The smallest absolute Gasteiger partial charge is 0.251 e. The van der Waals surface area contributed by atoms with E-state index in [0.717, 1.165) is 31.1 Å². The Morgan fingerprint density at radius 3 is 2.65 bits per heavy atom. The Bertz CT molecular complexity index is 550. The molecule has 0 bridgehead atoms. The van der Waals surface area contributed by atoms with Gasteiger partial charge >= 0.3 is 0 Å². The van der Waals surface area contributed by atoms with Crippen LogP contribution in [0.15, 0.2) is 29.3 Å². The molecule has 0 radical (unpaired) electrons. The lowest BCUT2D eigenvalue weighted by Gasteiger charge is -2.12. The molecule has 1 rings (SSSR count). The number of nitrogens with zero attached hydrogens (tertiary/aromatic N) is 1. The molecule has 0 aliphatic rings. The summed E-state index contributed by atoms with van der Waals surface area (Å²) in [4.78, 5) is 16.3. The van der Waals surface area contributed by atoms with Crippen LogP contribution in [0.1, 0.15) is 43.1 Å². The second kappa shape index (κ2) is 14.8. The van der Waals surface area contributed by atoms with Gasteiger partial charge in [0.15, 0.2) is 5.96 Å². The first kappa shape index (κ1) is 24.7. The van der Waals surface area contributed by atoms with E-state index < -0.39 is 0 Å². The molecule has 7 heteroatoms. The molecule has 148 valence electrons. The highest BCUT2D eigenvalue weighted by Gasteiger charge is 2.04.